The van der Waals surface area contributed by atoms with Crippen LogP contribution in [0.25, 0.3) is 0 Å². The fraction of sp³-hybridized carbons (Fsp3) is 0.133. The Morgan fingerprint density at radius 1 is 1.10 bits per heavy atom. The zero-order valence-corrected chi connectivity index (χ0v) is 12.1. The Balaban J connectivity index is 2.32. The summed E-state index contributed by atoms with van der Waals surface area (Å²) in [5, 5.41) is 3.36. The van der Waals surface area contributed by atoms with Crippen LogP contribution >= 0.6 is 11.6 Å². The Hall–Kier alpha value is -2.04. The summed E-state index contributed by atoms with van der Waals surface area (Å²) in [5.74, 6) is 5.16. The van der Waals surface area contributed by atoms with Gasteiger partial charge in [0, 0.05) is 10.7 Å². The number of nitrogens with two attached hydrogens (primary N) is 1. The van der Waals surface area contributed by atoms with Gasteiger partial charge in [0.15, 0.2) is 0 Å². The van der Waals surface area contributed by atoms with Gasteiger partial charge >= 0.3 is 0 Å². The average molecular weight is 290 g/mol. The van der Waals surface area contributed by atoms with Crippen LogP contribution in [-0.4, -0.2) is 5.91 Å². The third kappa shape index (κ3) is 3.10. The Kier molecular flexibility index (Phi) is 4.27. The van der Waals surface area contributed by atoms with Gasteiger partial charge in [-0.1, -0.05) is 23.7 Å². The van der Waals surface area contributed by atoms with Gasteiger partial charge in [-0.15, -0.1) is 0 Å². The monoisotopic (exact) mass is 289 g/mol. The van der Waals surface area contributed by atoms with Crippen molar-refractivity contribution in [3.63, 3.8) is 0 Å². The molecule has 0 bridgehead atoms. The predicted molar refractivity (Wildman–Crippen MR) is 83.1 cm³/mol. The summed E-state index contributed by atoms with van der Waals surface area (Å²) >= 11 is 5.93. The largest absolute Gasteiger partial charge is 0.323 e. The molecular formula is C15H16ClN3O. The maximum absolute atomic E-state index is 12.3. The molecule has 2 aromatic rings. The van der Waals surface area contributed by atoms with E-state index in [1.165, 1.54) is 0 Å². The van der Waals surface area contributed by atoms with Crippen molar-refractivity contribution in [3.05, 3.63) is 58.1 Å². The minimum absolute atomic E-state index is 0.255. The van der Waals surface area contributed by atoms with Crippen LogP contribution in [0.4, 0.5) is 11.4 Å². The summed E-state index contributed by atoms with van der Waals surface area (Å²) in [6, 6.07) is 10.8. The minimum atomic E-state index is -0.255. The third-order valence-corrected chi connectivity index (χ3v) is 3.26. The zero-order chi connectivity index (χ0) is 14.7. The van der Waals surface area contributed by atoms with Crippen LogP contribution in [0.15, 0.2) is 36.4 Å². The fourth-order valence-electron chi connectivity index (χ4n) is 1.89. The predicted octanol–water partition coefficient (Wildman–Crippen LogP) is 3.49. The summed E-state index contributed by atoms with van der Waals surface area (Å²) in [7, 11) is 0. The van der Waals surface area contributed by atoms with E-state index < -0.39 is 0 Å². The number of carbonyl (C=O) groups is 1. The van der Waals surface area contributed by atoms with Crippen LogP contribution in [0, 0.1) is 13.8 Å². The number of hydrogen-bond donors (Lipinski definition) is 3. The number of anilines is 2. The number of hydrogen-bond acceptors (Lipinski definition) is 3. The number of amides is 1. The quantitative estimate of drug-likeness (QED) is 0.598. The lowest BCUT2D eigenvalue weighted by Gasteiger charge is -2.12. The highest BCUT2D eigenvalue weighted by molar-refractivity contribution is 6.31. The van der Waals surface area contributed by atoms with Crippen molar-refractivity contribution in [1.82, 2.24) is 0 Å². The number of carbonyl (C=O) groups excluding carboxylic acids is 1. The lowest BCUT2D eigenvalue weighted by Crippen LogP contribution is -2.17. The molecule has 4 N–H and O–H groups in total. The van der Waals surface area contributed by atoms with Gasteiger partial charge in [0.25, 0.3) is 5.91 Å². The van der Waals surface area contributed by atoms with E-state index in [1.54, 1.807) is 18.2 Å². The summed E-state index contributed by atoms with van der Waals surface area (Å²) in [6.07, 6.45) is 0. The molecule has 0 heterocycles. The topological polar surface area (TPSA) is 67.2 Å². The standard InChI is InChI=1S/C15H16ClN3O/c1-9-3-4-10(2)14(7-9)18-15(20)12-8-11(16)5-6-13(12)19-17/h3-8,19H,17H2,1-2H3,(H,18,20). The molecule has 20 heavy (non-hydrogen) atoms. The molecule has 104 valence electrons. The van der Waals surface area contributed by atoms with E-state index in [-0.39, 0.29) is 5.91 Å². The van der Waals surface area contributed by atoms with Gasteiger partial charge in [-0.25, -0.2) is 0 Å². The van der Waals surface area contributed by atoms with Gasteiger partial charge in [0.2, 0.25) is 0 Å². The first kappa shape index (κ1) is 14.4. The molecular weight excluding hydrogens is 274 g/mol. The van der Waals surface area contributed by atoms with Crippen molar-refractivity contribution < 1.29 is 4.79 Å². The molecule has 1 amide bonds. The molecule has 0 saturated heterocycles. The van der Waals surface area contributed by atoms with Crippen LogP contribution in [0.5, 0.6) is 0 Å². The maximum atomic E-state index is 12.3. The van der Waals surface area contributed by atoms with E-state index in [1.807, 2.05) is 32.0 Å². The molecule has 0 unspecified atom stereocenters. The number of rotatable bonds is 3. The SMILES string of the molecule is Cc1ccc(C)c(NC(=O)c2cc(Cl)ccc2NN)c1. The van der Waals surface area contributed by atoms with Gasteiger partial charge in [-0.05, 0) is 49.2 Å². The van der Waals surface area contributed by atoms with Gasteiger partial charge in [-0.2, -0.15) is 0 Å². The maximum Gasteiger partial charge on any atom is 0.257 e. The van der Waals surface area contributed by atoms with Crippen molar-refractivity contribution in [1.29, 1.82) is 0 Å². The van der Waals surface area contributed by atoms with Crippen LogP contribution in [0.2, 0.25) is 5.02 Å². The van der Waals surface area contributed by atoms with Gasteiger partial charge in [0.05, 0.1) is 11.3 Å². The van der Waals surface area contributed by atoms with Crippen molar-refractivity contribution in [3.8, 4) is 0 Å². The van der Waals surface area contributed by atoms with E-state index >= 15 is 0 Å². The summed E-state index contributed by atoms with van der Waals surface area (Å²) in [4.78, 5) is 12.3. The summed E-state index contributed by atoms with van der Waals surface area (Å²) in [6.45, 7) is 3.91. The highest BCUT2D eigenvalue weighted by Crippen LogP contribution is 2.23. The Morgan fingerprint density at radius 3 is 2.55 bits per heavy atom. The average Bonchev–Trinajstić information content (AvgIpc) is 2.42. The van der Waals surface area contributed by atoms with Gasteiger partial charge < -0.3 is 10.7 Å². The lowest BCUT2D eigenvalue weighted by molar-refractivity contribution is 0.102. The number of aryl methyl sites for hydroxylation is 2. The molecule has 2 rings (SSSR count). The zero-order valence-electron chi connectivity index (χ0n) is 11.3. The van der Waals surface area contributed by atoms with Crippen LogP contribution in [0.1, 0.15) is 21.5 Å². The first-order chi connectivity index (χ1) is 9.51. The van der Waals surface area contributed by atoms with Crippen LogP contribution < -0.4 is 16.6 Å². The smallest absolute Gasteiger partial charge is 0.257 e. The lowest BCUT2D eigenvalue weighted by atomic mass is 10.1. The Bertz CT molecular complexity index is 656. The van der Waals surface area contributed by atoms with E-state index in [0.717, 1.165) is 16.8 Å². The molecule has 5 heteroatoms. The Labute approximate surface area is 122 Å². The van der Waals surface area contributed by atoms with Crippen molar-refractivity contribution >= 4 is 28.9 Å². The number of nitrogens with one attached hydrogen (secondary N) is 2. The first-order valence-electron chi connectivity index (χ1n) is 6.16. The first-order valence-corrected chi connectivity index (χ1v) is 6.54. The molecule has 0 aliphatic heterocycles. The summed E-state index contributed by atoms with van der Waals surface area (Å²) < 4.78 is 0. The van der Waals surface area contributed by atoms with Crippen molar-refractivity contribution in [2.24, 2.45) is 5.84 Å². The fourth-order valence-corrected chi connectivity index (χ4v) is 2.06. The van der Waals surface area contributed by atoms with Crippen LogP contribution in [0.3, 0.4) is 0 Å². The number of halogens is 1. The normalized spacial score (nSPS) is 10.2. The highest BCUT2D eigenvalue weighted by Gasteiger charge is 2.13. The molecule has 0 saturated carbocycles. The van der Waals surface area contributed by atoms with E-state index in [9.17, 15) is 4.79 Å². The molecule has 0 fully saturated rings. The molecule has 0 aliphatic carbocycles. The Morgan fingerprint density at radius 2 is 1.85 bits per heavy atom. The van der Waals surface area contributed by atoms with E-state index in [2.05, 4.69) is 10.7 Å². The molecule has 0 atom stereocenters. The molecule has 0 aliphatic rings. The number of nitrogen functional groups attached to an aromatic ring is 1. The second kappa shape index (κ2) is 5.94. The molecule has 2 aromatic carbocycles. The summed E-state index contributed by atoms with van der Waals surface area (Å²) in [5.41, 5.74) is 6.27. The second-order valence-corrected chi connectivity index (χ2v) is 5.04. The van der Waals surface area contributed by atoms with E-state index in [0.29, 0.717) is 16.3 Å². The number of hydrazine groups is 1. The van der Waals surface area contributed by atoms with Crippen molar-refractivity contribution in [2.75, 3.05) is 10.7 Å². The van der Waals surface area contributed by atoms with E-state index in [4.69, 9.17) is 17.4 Å². The molecule has 4 nitrogen and oxygen atoms in total. The van der Waals surface area contributed by atoms with Crippen molar-refractivity contribution in [2.45, 2.75) is 13.8 Å². The number of benzene rings is 2. The van der Waals surface area contributed by atoms with Gasteiger partial charge in [-0.3, -0.25) is 10.6 Å². The molecule has 0 aromatic heterocycles. The second-order valence-electron chi connectivity index (χ2n) is 4.61. The third-order valence-electron chi connectivity index (χ3n) is 3.02. The van der Waals surface area contributed by atoms with Gasteiger partial charge in [0.1, 0.15) is 0 Å². The minimum Gasteiger partial charge on any atom is -0.323 e. The highest BCUT2D eigenvalue weighted by atomic mass is 35.5. The van der Waals surface area contributed by atoms with Crippen LogP contribution in [-0.2, 0) is 0 Å². The molecule has 0 radical (unpaired) electrons. The molecule has 0 spiro atoms.